The first-order chi connectivity index (χ1) is 11.7. The Morgan fingerprint density at radius 3 is 2.42 bits per heavy atom. The number of amides is 1. The van der Waals surface area contributed by atoms with Crippen molar-refractivity contribution in [3.05, 3.63) is 65.7 Å². The Bertz CT molecular complexity index is 679. The zero-order valence-electron chi connectivity index (χ0n) is 13.8. The van der Waals surface area contributed by atoms with Gasteiger partial charge in [-0.1, -0.05) is 42.5 Å². The number of rotatable bonds is 5. The van der Waals surface area contributed by atoms with Gasteiger partial charge in [0.25, 0.3) is 5.91 Å². The van der Waals surface area contributed by atoms with E-state index in [0.717, 1.165) is 32.4 Å². The van der Waals surface area contributed by atoms with Crippen LogP contribution in [0.2, 0.25) is 0 Å². The number of carbonyl (C=O) groups excluding carboxylic acids is 1. The molecule has 126 valence electrons. The minimum Gasteiger partial charge on any atom is -0.507 e. The van der Waals surface area contributed by atoms with E-state index in [4.69, 9.17) is 0 Å². The molecular formula is C20H24N2O2. The molecule has 0 aliphatic carbocycles. The standard InChI is InChI=1S/C20H24N2O2/c23-18-9-5-4-8-17(18)19(24)22-15-20(10-12-21-13-11-20)14-16-6-2-1-3-7-16/h1-9,21,23H,10-15H2,(H,22,24). The summed E-state index contributed by atoms with van der Waals surface area (Å²) >= 11 is 0. The van der Waals surface area contributed by atoms with Crippen molar-refractivity contribution in [2.24, 2.45) is 5.41 Å². The molecule has 0 spiro atoms. The molecule has 0 unspecified atom stereocenters. The van der Waals surface area contributed by atoms with Crippen molar-refractivity contribution in [1.29, 1.82) is 0 Å². The zero-order valence-corrected chi connectivity index (χ0v) is 13.8. The molecule has 4 nitrogen and oxygen atoms in total. The van der Waals surface area contributed by atoms with Crippen molar-refractivity contribution in [2.45, 2.75) is 19.3 Å². The molecule has 0 radical (unpaired) electrons. The summed E-state index contributed by atoms with van der Waals surface area (Å²) in [5, 5.41) is 16.3. The van der Waals surface area contributed by atoms with Crippen molar-refractivity contribution in [1.82, 2.24) is 10.6 Å². The minimum atomic E-state index is -0.209. The molecule has 1 aliphatic heterocycles. The van der Waals surface area contributed by atoms with E-state index in [0.29, 0.717) is 12.1 Å². The third-order valence-corrected chi connectivity index (χ3v) is 4.86. The molecule has 0 atom stereocenters. The van der Waals surface area contributed by atoms with E-state index in [1.807, 2.05) is 6.07 Å². The number of hydrogen-bond acceptors (Lipinski definition) is 3. The SMILES string of the molecule is O=C(NCC1(Cc2ccccc2)CCNCC1)c1ccccc1O. The highest BCUT2D eigenvalue weighted by Crippen LogP contribution is 2.32. The van der Waals surface area contributed by atoms with E-state index in [1.54, 1.807) is 24.3 Å². The van der Waals surface area contributed by atoms with Crippen molar-refractivity contribution in [2.75, 3.05) is 19.6 Å². The van der Waals surface area contributed by atoms with Gasteiger partial charge in [-0.05, 0) is 55.5 Å². The number of carbonyl (C=O) groups is 1. The lowest BCUT2D eigenvalue weighted by molar-refractivity contribution is 0.0910. The average molecular weight is 324 g/mol. The molecule has 3 rings (SSSR count). The van der Waals surface area contributed by atoms with Gasteiger partial charge in [0, 0.05) is 6.54 Å². The van der Waals surface area contributed by atoms with Crippen LogP contribution >= 0.6 is 0 Å². The van der Waals surface area contributed by atoms with Crippen LogP contribution in [-0.4, -0.2) is 30.6 Å². The summed E-state index contributed by atoms with van der Waals surface area (Å²) in [6.45, 7) is 2.56. The fourth-order valence-electron chi connectivity index (χ4n) is 3.43. The Kier molecular flexibility index (Phi) is 5.16. The van der Waals surface area contributed by atoms with E-state index >= 15 is 0 Å². The molecule has 24 heavy (non-hydrogen) atoms. The van der Waals surface area contributed by atoms with Gasteiger partial charge >= 0.3 is 0 Å². The van der Waals surface area contributed by atoms with Gasteiger partial charge in [-0.15, -0.1) is 0 Å². The van der Waals surface area contributed by atoms with Crippen LogP contribution in [0.25, 0.3) is 0 Å². The van der Waals surface area contributed by atoms with Gasteiger partial charge in [-0.25, -0.2) is 0 Å². The second kappa shape index (κ2) is 7.49. The lowest BCUT2D eigenvalue weighted by atomic mass is 9.74. The molecule has 2 aromatic carbocycles. The fourth-order valence-corrected chi connectivity index (χ4v) is 3.43. The number of para-hydroxylation sites is 1. The van der Waals surface area contributed by atoms with Crippen LogP contribution < -0.4 is 10.6 Å². The van der Waals surface area contributed by atoms with Gasteiger partial charge in [-0.2, -0.15) is 0 Å². The van der Waals surface area contributed by atoms with Gasteiger partial charge in [0.1, 0.15) is 5.75 Å². The van der Waals surface area contributed by atoms with Gasteiger partial charge in [0.15, 0.2) is 0 Å². The molecular weight excluding hydrogens is 300 g/mol. The Balaban J connectivity index is 1.70. The smallest absolute Gasteiger partial charge is 0.255 e. The number of benzene rings is 2. The minimum absolute atomic E-state index is 0.0254. The van der Waals surface area contributed by atoms with Crippen LogP contribution in [0, 0.1) is 5.41 Å². The van der Waals surface area contributed by atoms with Gasteiger partial charge < -0.3 is 15.7 Å². The average Bonchev–Trinajstić information content (AvgIpc) is 2.62. The lowest BCUT2D eigenvalue weighted by Crippen LogP contribution is -2.46. The summed E-state index contributed by atoms with van der Waals surface area (Å²) in [6, 6.07) is 17.1. The quantitative estimate of drug-likeness (QED) is 0.792. The van der Waals surface area contributed by atoms with Gasteiger partial charge in [0.2, 0.25) is 0 Å². The summed E-state index contributed by atoms with van der Waals surface area (Å²) in [5.41, 5.74) is 1.70. The van der Waals surface area contributed by atoms with Crippen LogP contribution in [0.3, 0.4) is 0 Å². The van der Waals surface area contributed by atoms with Crippen LogP contribution in [0.15, 0.2) is 54.6 Å². The molecule has 0 aromatic heterocycles. The third-order valence-electron chi connectivity index (χ3n) is 4.86. The van der Waals surface area contributed by atoms with E-state index in [-0.39, 0.29) is 17.1 Å². The highest BCUT2D eigenvalue weighted by Gasteiger charge is 2.32. The monoisotopic (exact) mass is 324 g/mol. The van der Waals surface area contributed by atoms with Crippen LogP contribution in [-0.2, 0) is 6.42 Å². The summed E-state index contributed by atoms with van der Waals surface area (Å²) in [4.78, 5) is 12.4. The second-order valence-corrected chi connectivity index (χ2v) is 6.61. The molecule has 4 heteroatoms. The number of phenolic OH excluding ortho intramolecular Hbond substituents is 1. The molecule has 1 heterocycles. The fraction of sp³-hybridized carbons (Fsp3) is 0.350. The van der Waals surface area contributed by atoms with Crippen molar-refractivity contribution in [3.8, 4) is 5.75 Å². The van der Waals surface area contributed by atoms with E-state index in [9.17, 15) is 9.90 Å². The Morgan fingerprint density at radius 2 is 1.71 bits per heavy atom. The van der Waals surface area contributed by atoms with Crippen LogP contribution in [0.4, 0.5) is 0 Å². The zero-order chi connectivity index (χ0) is 16.8. The number of aromatic hydroxyl groups is 1. The first-order valence-electron chi connectivity index (χ1n) is 8.49. The first kappa shape index (κ1) is 16.5. The van der Waals surface area contributed by atoms with Crippen LogP contribution in [0.5, 0.6) is 5.75 Å². The summed E-state index contributed by atoms with van der Waals surface area (Å²) in [6.07, 6.45) is 3.02. The highest BCUT2D eigenvalue weighted by molar-refractivity contribution is 5.96. The topological polar surface area (TPSA) is 61.4 Å². The Morgan fingerprint density at radius 1 is 1.04 bits per heavy atom. The molecule has 1 saturated heterocycles. The maximum atomic E-state index is 12.4. The summed E-state index contributed by atoms with van der Waals surface area (Å²) in [5.74, 6) is -0.184. The largest absolute Gasteiger partial charge is 0.507 e. The maximum Gasteiger partial charge on any atom is 0.255 e. The molecule has 0 saturated carbocycles. The lowest BCUT2D eigenvalue weighted by Gasteiger charge is -2.38. The molecule has 1 aliphatic rings. The normalized spacial score (nSPS) is 16.5. The van der Waals surface area contributed by atoms with Gasteiger partial charge in [-0.3, -0.25) is 4.79 Å². The highest BCUT2D eigenvalue weighted by atomic mass is 16.3. The Hall–Kier alpha value is -2.33. The van der Waals surface area contributed by atoms with Crippen LogP contribution in [0.1, 0.15) is 28.8 Å². The molecule has 1 amide bonds. The maximum absolute atomic E-state index is 12.4. The van der Waals surface area contributed by atoms with E-state index in [1.165, 1.54) is 5.56 Å². The number of hydrogen-bond donors (Lipinski definition) is 3. The predicted octanol–water partition coefficient (Wildman–Crippen LogP) is 2.73. The van der Waals surface area contributed by atoms with E-state index < -0.39 is 0 Å². The van der Waals surface area contributed by atoms with Crippen molar-refractivity contribution >= 4 is 5.91 Å². The molecule has 0 bridgehead atoms. The van der Waals surface area contributed by atoms with E-state index in [2.05, 4.69) is 34.9 Å². The molecule has 1 fully saturated rings. The van der Waals surface area contributed by atoms with Crippen molar-refractivity contribution < 1.29 is 9.90 Å². The molecule has 3 N–H and O–H groups in total. The number of phenols is 1. The predicted molar refractivity (Wildman–Crippen MR) is 95.1 cm³/mol. The third kappa shape index (κ3) is 3.95. The first-order valence-corrected chi connectivity index (χ1v) is 8.49. The second-order valence-electron chi connectivity index (χ2n) is 6.61. The van der Waals surface area contributed by atoms with Gasteiger partial charge in [0.05, 0.1) is 5.56 Å². The number of piperidine rings is 1. The molecule has 2 aromatic rings. The van der Waals surface area contributed by atoms with Crippen molar-refractivity contribution in [3.63, 3.8) is 0 Å². The number of nitrogens with one attached hydrogen (secondary N) is 2. The Labute approximate surface area is 142 Å². The summed E-state index contributed by atoms with van der Waals surface area (Å²) in [7, 11) is 0. The summed E-state index contributed by atoms with van der Waals surface area (Å²) < 4.78 is 0.